The van der Waals surface area contributed by atoms with Gasteiger partial charge in [-0.05, 0) is 36.8 Å². The van der Waals surface area contributed by atoms with Crippen LogP contribution in [0.4, 0.5) is 11.4 Å². The lowest BCUT2D eigenvalue weighted by Gasteiger charge is -2.11. The van der Waals surface area contributed by atoms with E-state index in [1.54, 1.807) is 12.1 Å². The third-order valence-electron chi connectivity index (χ3n) is 4.58. The van der Waals surface area contributed by atoms with Crippen LogP contribution in [0.15, 0.2) is 58.3 Å². The molecule has 1 aromatic heterocycles. The average molecular weight is 390 g/mol. The second-order valence-electron chi connectivity index (χ2n) is 6.43. The van der Waals surface area contributed by atoms with Gasteiger partial charge in [0.2, 0.25) is 0 Å². The molecule has 0 spiro atoms. The van der Waals surface area contributed by atoms with Gasteiger partial charge in [0.15, 0.2) is 0 Å². The lowest BCUT2D eigenvalue weighted by molar-refractivity contribution is 0.0924. The summed E-state index contributed by atoms with van der Waals surface area (Å²) in [6, 6.07) is 11.3. The molecule has 0 bridgehead atoms. The maximum absolute atomic E-state index is 12.8. The van der Waals surface area contributed by atoms with Crippen molar-refractivity contribution in [3.05, 3.63) is 91.8 Å². The third-order valence-corrected chi connectivity index (χ3v) is 4.58. The minimum atomic E-state index is -0.874. The maximum atomic E-state index is 12.8. The number of aryl methyl sites for hydroxylation is 1. The first kappa shape index (κ1) is 18.1. The van der Waals surface area contributed by atoms with E-state index in [1.165, 1.54) is 18.2 Å². The number of hydrogen-bond acceptors (Lipinski definition) is 5. The van der Waals surface area contributed by atoms with Crippen molar-refractivity contribution in [1.29, 1.82) is 0 Å². The Balaban J connectivity index is 1.68. The van der Waals surface area contributed by atoms with Crippen LogP contribution >= 0.6 is 0 Å². The van der Waals surface area contributed by atoms with Crippen molar-refractivity contribution >= 4 is 29.1 Å². The van der Waals surface area contributed by atoms with Crippen LogP contribution in [-0.4, -0.2) is 27.7 Å². The monoisotopic (exact) mass is 390 g/mol. The van der Waals surface area contributed by atoms with E-state index in [0.29, 0.717) is 10.6 Å². The molecule has 1 aliphatic rings. The zero-order valence-electron chi connectivity index (χ0n) is 15.1. The van der Waals surface area contributed by atoms with Gasteiger partial charge in [0.25, 0.3) is 23.3 Å². The fourth-order valence-corrected chi connectivity index (χ4v) is 3.08. The fourth-order valence-electron chi connectivity index (χ4n) is 3.08. The quantitative estimate of drug-likeness (QED) is 0.582. The van der Waals surface area contributed by atoms with Crippen molar-refractivity contribution < 1.29 is 14.4 Å². The van der Waals surface area contributed by atoms with E-state index in [9.17, 15) is 24.0 Å². The van der Waals surface area contributed by atoms with E-state index < -0.39 is 29.0 Å². The Hall–Kier alpha value is -4.27. The topological polar surface area (TPSA) is 132 Å². The van der Waals surface area contributed by atoms with Gasteiger partial charge in [0.1, 0.15) is 5.69 Å². The zero-order chi connectivity index (χ0) is 20.7. The maximum Gasteiger partial charge on any atom is 0.325 e. The smallest absolute Gasteiger partial charge is 0.322 e. The normalized spacial score (nSPS) is 12.8. The van der Waals surface area contributed by atoms with Gasteiger partial charge in [0, 0.05) is 17.4 Å². The van der Waals surface area contributed by atoms with Crippen molar-refractivity contribution in [3.63, 3.8) is 0 Å². The molecule has 2 heterocycles. The van der Waals surface area contributed by atoms with Gasteiger partial charge in [-0.15, -0.1) is 0 Å². The van der Waals surface area contributed by atoms with Gasteiger partial charge in [-0.25, -0.2) is 9.69 Å². The summed E-state index contributed by atoms with van der Waals surface area (Å²) in [5.41, 5.74) is -0.192. The number of fused-ring (bicyclic) bond motifs is 1. The fraction of sp³-hybridized carbons (Fsp3) is 0.0500. The van der Waals surface area contributed by atoms with Crippen LogP contribution < -0.4 is 21.5 Å². The Labute approximate surface area is 163 Å². The number of anilines is 2. The van der Waals surface area contributed by atoms with Crippen LogP contribution in [0.25, 0.3) is 0 Å². The summed E-state index contributed by atoms with van der Waals surface area (Å²) in [6.45, 7) is 1.85. The zero-order valence-corrected chi connectivity index (χ0v) is 15.1. The van der Waals surface area contributed by atoms with Crippen molar-refractivity contribution in [3.8, 4) is 0 Å². The first-order chi connectivity index (χ1) is 13.9. The largest absolute Gasteiger partial charge is 0.325 e. The number of para-hydroxylation sites is 1. The summed E-state index contributed by atoms with van der Waals surface area (Å²) in [5, 5.41) is 2.76. The van der Waals surface area contributed by atoms with Crippen molar-refractivity contribution in [2.45, 2.75) is 6.92 Å². The molecule has 0 fully saturated rings. The molecule has 9 heteroatoms. The molecular formula is C20H14N4O5. The molecule has 3 amide bonds. The van der Waals surface area contributed by atoms with Gasteiger partial charge >= 0.3 is 5.69 Å². The standard InChI is InChI=1S/C20H14N4O5/c1-10-4-2-3-5-14(10)22-16(25)11-6-7-12-13(8-11)19(28)24(18(12)27)15-9-21-20(29)23-17(15)26/h2-9H,1H3,(H,22,25)(H2,21,23,26,29). The minimum absolute atomic E-state index is 0.00182. The minimum Gasteiger partial charge on any atom is -0.322 e. The van der Waals surface area contributed by atoms with Gasteiger partial charge in [-0.1, -0.05) is 18.2 Å². The number of aromatic nitrogens is 2. The van der Waals surface area contributed by atoms with Crippen LogP contribution in [0, 0.1) is 6.92 Å². The molecular weight excluding hydrogens is 376 g/mol. The van der Waals surface area contributed by atoms with Gasteiger partial charge in [0.05, 0.1) is 11.1 Å². The van der Waals surface area contributed by atoms with Crippen molar-refractivity contribution in [1.82, 2.24) is 9.97 Å². The van der Waals surface area contributed by atoms with E-state index in [1.807, 2.05) is 24.0 Å². The number of aromatic amines is 2. The first-order valence-corrected chi connectivity index (χ1v) is 8.58. The molecule has 2 aromatic carbocycles. The molecule has 9 nitrogen and oxygen atoms in total. The number of amides is 3. The Morgan fingerprint density at radius 2 is 1.69 bits per heavy atom. The van der Waals surface area contributed by atoms with E-state index in [2.05, 4.69) is 10.3 Å². The molecule has 0 aliphatic carbocycles. The number of carbonyl (C=O) groups is 3. The second-order valence-corrected chi connectivity index (χ2v) is 6.43. The molecule has 4 rings (SSSR count). The SMILES string of the molecule is Cc1ccccc1NC(=O)c1ccc2c(c1)C(=O)N(c1c[nH]c(=O)[nH]c1=O)C2=O. The van der Waals surface area contributed by atoms with E-state index >= 15 is 0 Å². The highest BCUT2D eigenvalue weighted by Gasteiger charge is 2.38. The second kappa shape index (κ2) is 6.71. The van der Waals surface area contributed by atoms with Crippen LogP contribution in [0.1, 0.15) is 36.6 Å². The number of carbonyl (C=O) groups excluding carboxylic acids is 3. The van der Waals surface area contributed by atoms with E-state index in [-0.39, 0.29) is 22.4 Å². The predicted molar refractivity (Wildman–Crippen MR) is 104 cm³/mol. The van der Waals surface area contributed by atoms with Crippen LogP contribution in [0.5, 0.6) is 0 Å². The molecule has 144 valence electrons. The molecule has 0 atom stereocenters. The van der Waals surface area contributed by atoms with Crippen LogP contribution in [0.2, 0.25) is 0 Å². The van der Waals surface area contributed by atoms with Gasteiger partial charge in [-0.2, -0.15) is 0 Å². The molecule has 0 unspecified atom stereocenters. The summed E-state index contributed by atoms with van der Waals surface area (Å²) >= 11 is 0. The third kappa shape index (κ3) is 3.04. The Morgan fingerprint density at radius 1 is 0.966 bits per heavy atom. The summed E-state index contributed by atoms with van der Waals surface area (Å²) in [6.07, 6.45) is 0.995. The Bertz CT molecular complexity index is 1300. The molecule has 3 N–H and O–H groups in total. The van der Waals surface area contributed by atoms with E-state index in [0.717, 1.165) is 11.8 Å². The molecule has 29 heavy (non-hydrogen) atoms. The molecule has 3 aromatic rings. The van der Waals surface area contributed by atoms with Gasteiger partial charge < -0.3 is 10.3 Å². The molecule has 1 aliphatic heterocycles. The first-order valence-electron chi connectivity index (χ1n) is 8.58. The number of imide groups is 1. The summed E-state index contributed by atoms with van der Waals surface area (Å²) in [5.74, 6) is -1.91. The van der Waals surface area contributed by atoms with Gasteiger partial charge in [-0.3, -0.25) is 24.2 Å². The lowest BCUT2D eigenvalue weighted by atomic mass is 10.0. The number of rotatable bonds is 3. The number of hydrogen-bond donors (Lipinski definition) is 3. The summed E-state index contributed by atoms with van der Waals surface area (Å²) in [7, 11) is 0. The van der Waals surface area contributed by atoms with Crippen LogP contribution in [-0.2, 0) is 0 Å². The average Bonchev–Trinajstić information content (AvgIpc) is 2.94. The van der Waals surface area contributed by atoms with Crippen molar-refractivity contribution in [2.75, 3.05) is 10.2 Å². The lowest BCUT2D eigenvalue weighted by Crippen LogP contribution is -2.36. The Kier molecular flexibility index (Phi) is 4.19. The highest BCUT2D eigenvalue weighted by Crippen LogP contribution is 2.27. The van der Waals surface area contributed by atoms with Crippen LogP contribution in [0.3, 0.4) is 0 Å². The van der Waals surface area contributed by atoms with E-state index in [4.69, 9.17) is 0 Å². The number of H-pyrrole nitrogens is 2. The molecule has 0 saturated heterocycles. The number of nitrogens with zero attached hydrogens (tertiary/aromatic N) is 1. The predicted octanol–water partition coefficient (Wildman–Crippen LogP) is 1.42. The Morgan fingerprint density at radius 3 is 2.41 bits per heavy atom. The molecule has 0 saturated carbocycles. The summed E-state index contributed by atoms with van der Waals surface area (Å²) < 4.78 is 0. The summed E-state index contributed by atoms with van der Waals surface area (Å²) in [4.78, 5) is 66.0. The molecule has 0 radical (unpaired) electrons. The highest BCUT2D eigenvalue weighted by atomic mass is 16.2. The number of nitrogens with one attached hydrogen (secondary N) is 3. The number of benzene rings is 2. The van der Waals surface area contributed by atoms with Crippen molar-refractivity contribution in [2.24, 2.45) is 0 Å². The highest BCUT2D eigenvalue weighted by molar-refractivity contribution is 6.34.